The van der Waals surface area contributed by atoms with Gasteiger partial charge in [-0.25, -0.2) is 0 Å². The molecule has 2 heteroatoms. The summed E-state index contributed by atoms with van der Waals surface area (Å²) in [5.41, 5.74) is 19.2. The van der Waals surface area contributed by atoms with E-state index in [1.165, 1.54) is 55.7 Å². The van der Waals surface area contributed by atoms with Crippen LogP contribution in [0.25, 0.3) is 44.9 Å². The van der Waals surface area contributed by atoms with Crippen molar-refractivity contribution in [2.45, 2.75) is 12.8 Å². The maximum absolute atomic E-state index is 3.43. The molecule has 0 radical (unpaired) electrons. The van der Waals surface area contributed by atoms with Crippen molar-refractivity contribution < 1.29 is 0 Å². The van der Waals surface area contributed by atoms with E-state index >= 15 is 0 Å². The lowest BCUT2D eigenvalue weighted by molar-refractivity contribution is 0.898. The minimum atomic E-state index is 0.986. The summed E-state index contributed by atoms with van der Waals surface area (Å²) in [4.78, 5) is 2.32. The molecule has 0 saturated carbocycles. The fourth-order valence-electron chi connectivity index (χ4n) is 7.51. The van der Waals surface area contributed by atoms with Crippen molar-refractivity contribution in [1.82, 2.24) is 4.57 Å². The van der Waals surface area contributed by atoms with Crippen LogP contribution in [0.15, 0.2) is 200 Å². The standard InChI is InChI=1S/C49H36N2/c1-4-15-36(16-5-1)37-27-30-44(31-28-37)50(42-20-6-2-7-21-42)45-24-11-10-17-40(34-45)38-18-14-19-39(33-38)41-29-32-49-47(35-41)46-25-12-13-26-48(46)51(49)43-22-8-3-9-23-43/h1-9,11-28,30-31,33-35H,29,32H2. The molecule has 51 heavy (non-hydrogen) atoms. The number of nitrogens with zero attached hydrogens (tertiary/aromatic N) is 2. The molecule has 0 unspecified atom stereocenters. The fourth-order valence-corrected chi connectivity index (χ4v) is 7.51. The molecule has 2 nitrogen and oxygen atoms in total. The average molecular weight is 653 g/mol. The third-order valence-corrected chi connectivity index (χ3v) is 9.94. The molecule has 242 valence electrons. The zero-order valence-corrected chi connectivity index (χ0v) is 28.3. The second kappa shape index (κ2) is 13.4. The molecule has 0 bridgehead atoms. The van der Waals surface area contributed by atoms with Gasteiger partial charge in [-0.3, -0.25) is 0 Å². The summed E-state index contributed by atoms with van der Waals surface area (Å²) < 4.78 is 2.45. The normalized spacial score (nSPS) is 13.6. The molecule has 0 atom stereocenters. The fraction of sp³-hybridized carbons (Fsp3) is 0.0408. The Morgan fingerprint density at radius 3 is 1.98 bits per heavy atom. The molecule has 0 N–H and O–H groups in total. The number of hydrogen-bond donors (Lipinski definition) is 0. The molecule has 2 aliphatic rings. The average Bonchev–Trinajstić information content (AvgIpc) is 3.34. The number of allylic oxidation sites excluding steroid dienone is 5. The largest absolute Gasteiger partial charge is 0.313 e. The summed E-state index contributed by atoms with van der Waals surface area (Å²) in [5, 5.41) is 1.30. The van der Waals surface area contributed by atoms with Gasteiger partial charge in [0.05, 0.1) is 5.52 Å². The number of aromatic nitrogens is 1. The third kappa shape index (κ3) is 5.89. The zero-order valence-electron chi connectivity index (χ0n) is 28.3. The Hall–Kier alpha value is -6.60. The summed E-state index contributed by atoms with van der Waals surface area (Å²) in [6.45, 7) is 0. The van der Waals surface area contributed by atoms with Crippen molar-refractivity contribution >= 4 is 39.5 Å². The van der Waals surface area contributed by atoms with Crippen molar-refractivity contribution in [3.8, 4) is 16.8 Å². The number of anilines is 2. The number of para-hydroxylation sites is 3. The van der Waals surface area contributed by atoms with Gasteiger partial charge in [-0.1, -0.05) is 115 Å². The Kier molecular flexibility index (Phi) is 7.98. The Morgan fingerprint density at radius 1 is 0.529 bits per heavy atom. The Balaban J connectivity index is 1.08. The quantitative estimate of drug-likeness (QED) is 0.156. The number of rotatable bonds is 7. The highest BCUT2D eigenvalue weighted by Gasteiger charge is 2.22. The van der Waals surface area contributed by atoms with Crippen molar-refractivity contribution in [3.63, 3.8) is 0 Å². The Bertz CT molecular complexity index is 2520. The minimum absolute atomic E-state index is 0.986. The van der Waals surface area contributed by atoms with Gasteiger partial charge < -0.3 is 9.47 Å². The first-order valence-electron chi connectivity index (χ1n) is 17.6. The van der Waals surface area contributed by atoms with E-state index in [-0.39, 0.29) is 0 Å². The van der Waals surface area contributed by atoms with E-state index in [0.29, 0.717) is 0 Å². The lowest BCUT2D eigenvalue weighted by Crippen LogP contribution is -2.15. The van der Waals surface area contributed by atoms with Gasteiger partial charge >= 0.3 is 0 Å². The van der Waals surface area contributed by atoms with Crippen LogP contribution in [0, 0.1) is 0 Å². The van der Waals surface area contributed by atoms with Gasteiger partial charge in [0.25, 0.3) is 0 Å². The van der Waals surface area contributed by atoms with Crippen molar-refractivity contribution in [3.05, 3.63) is 222 Å². The molecule has 1 aromatic heterocycles. The van der Waals surface area contributed by atoms with Crippen LogP contribution in [0.2, 0.25) is 0 Å². The van der Waals surface area contributed by atoms with Crippen LogP contribution >= 0.6 is 0 Å². The first-order chi connectivity index (χ1) is 25.3. The topological polar surface area (TPSA) is 8.17 Å². The highest BCUT2D eigenvalue weighted by atomic mass is 15.1. The van der Waals surface area contributed by atoms with Gasteiger partial charge in [0, 0.05) is 39.4 Å². The van der Waals surface area contributed by atoms with Gasteiger partial charge in [0.2, 0.25) is 0 Å². The molecular weight excluding hydrogens is 617 g/mol. The summed E-state index contributed by atoms with van der Waals surface area (Å²) in [5.74, 6) is 0. The molecule has 0 aliphatic heterocycles. The second-order valence-electron chi connectivity index (χ2n) is 13.1. The van der Waals surface area contributed by atoms with Gasteiger partial charge in [0.1, 0.15) is 0 Å². The lowest BCUT2D eigenvalue weighted by atomic mass is 9.89. The lowest BCUT2D eigenvalue weighted by Gasteiger charge is -2.27. The summed E-state index contributed by atoms with van der Waals surface area (Å²) >= 11 is 0. The van der Waals surface area contributed by atoms with Gasteiger partial charge in [-0.2, -0.15) is 0 Å². The second-order valence-corrected chi connectivity index (χ2v) is 13.1. The van der Waals surface area contributed by atoms with E-state index in [4.69, 9.17) is 0 Å². The highest BCUT2D eigenvalue weighted by molar-refractivity contribution is 5.99. The maximum Gasteiger partial charge on any atom is 0.0537 e. The smallest absolute Gasteiger partial charge is 0.0537 e. The van der Waals surface area contributed by atoms with Crippen molar-refractivity contribution in [2.75, 3.05) is 4.90 Å². The summed E-state index contributed by atoms with van der Waals surface area (Å²) in [7, 11) is 0. The predicted molar refractivity (Wildman–Crippen MR) is 215 cm³/mol. The van der Waals surface area contributed by atoms with E-state index in [2.05, 4.69) is 203 Å². The molecule has 2 aliphatic carbocycles. The molecule has 0 saturated heterocycles. The van der Waals surface area contributed by atoms with E-state index in [1.54, 1.807) is 0 Å². The van der Waals surface area contributed by atoms with Gasteiger partial charge in [-0.05, 0) is 125 Å². The van der Waals surface area contributed by atoms with Crippen molar-refractivity contribution in [2.24, 2.45) is 0 Å². The summed E-state index contributed by atoms with van der Waals surface area (Å²) in [6, 6.07) is 58.6. The molecule has 7 aromatic rings. The maximum atomic E-state index is 3.43. The third-order valence-electron chi connectivity index (χ3n) is 9.94. The number of hydrogen-bond acceptors (Lipinski definition) is 1. The van der Waals surface area contributed by atoms with E-state index in [9.17, 15) is 0 Å². The summed E-state index contributed by atoms with van der Waals surface area (Å²) in [6.07, 6.45) is 13.0. The molecule has 6 aromatic carbocycles. The molecule has 0 fully saturated rings. The first kappa shape index (κ1) is 30.5. The Morgan fingerprint density at radius 2 is 1.18 bits per heavy atom. The zero-order chi connectivity index (χ0) is 34.0. The predicted octanol–water partition coefficient (Wildman–Crippen LogP) is 12.6. The first-order valence-corrected chi connectivity index (χ1v) is 17.6. The molecule has 9 rings (SSSR count). The SMILES string of the molecule is C1=CC=C(N(c2ccccc2)c2ccc(-c3ccccc3)cc2)C=C(c2cccc(C3=Cc4c(n(-c5ccccc5)c5ccccc45)CC3)c2)C=1. The van der Waals surface area contributed by atoms with E-state index < -0.39 is 0 Å². The van der Waals surface area contributed by atoms with E-state index in [1.807, 2.05) is 6.08 Å². The molecule has 0 amide bonds. The van der Waals surface area contributed by atoms with Crippen molar-refractivity contribution in [1.29, 1.82) is 0 Å². The number of fused-ring (bicyclic) bond motifs is 3. The van der Waals surface area contributed by atoms with Crippen LogP contribution in [-0.4, -0.2) is 4.57 Å². The monoisotopic (exact) mass is 652 g/mol. The molecular formula is C49H36N2. The molecule has 0 spiro atoms. The Labute approximate surface area is 299 Å². The molecule has 1 heterocycles. The van der Waals surface area contributed by atoms with Crippen LogP contribution in [-0.2, 0) is 6.42 Å². The van der Waals surface area contributed by atoms with Gasteiger partial charge in [-0.15, -0.1) is 5.73 Å². The number of benzene rings is 6. The van der Waals surface area contributed by atoms with E-state index in [0.717, 1.165) is 35.5 Å². The van der Waals surface area contributed by atoms with Crippen LogP contribution < -0.4 is 4.90 Å². The minimum Gasteiger partial charge on any atom is -0.313 e. The highest BCUT2D eigenvalue weighted by Crippen LogP contribution is 2.40. The van der Waals surface area contributed by atoms with Crippen LogP contribution in [0.5, 0.6) is 0 Å². The van der Waals surface area contributed by atoms with Crippen LogP contribution in [0.4, 0.5) is 11.4 Å². The van der Waals surface area contributed by atoms with Crippen LogP contribution in [0.1, 0.15) is 28.8 Å². The van der Waals surface area contributed by atoms with Crippen LogP contribution in [0.3, 0.4) is 0 Å². The van der Waals surface area contributed by atoms with Gasteiger partial charge in [0.15, 0.2) is 0 Å².